The van der Waals surface area contributed by atoms with Gasteiger partial charge in [-0.2, -0.15) is 0 Å². The maximum absolute atomic E-state index is 2.59. The van der Waals surface area contributed by atoms with Gasteiger partial charge in [-0.25, -0.2) is 0 Å². The number of nitrogens with zero attached hydrogens (tertiary/aromatic N) is 2. The van der Waals surface area contributed by atoms with Gasteiger partial charge in [0.1, 0.15) is 0 Å². The van der Waals surface area contributed by atoms with Gasteiger partial charge in [0.15, 0.2) is 0 Å². The average Bonchev–Trinajstić information content (AvgIpc) is 3.41. The molecule has 0 N–H and O–H groups in total. The Morgan fingerprint density at radius 2 is 0.828 bits per heavy atom. The van der Waals surface area contributed by atoms with Crippen molar-refractivity contribution in [1.82, 2.24) is 9.80 Å². The number of piperidine rings is 2. The molecule has 0 aromatic rings. The predicted molar refractivity (Wildman–Crippen MR) is 124 cm³/mol. The summed E-state index contributed by atoms with van der Waals surface area (Å²) in [7, 11) is 0. The molecule has 3 heteroatoms. The number of likely N-dealkylation sites (tertiary alicyclic amines) is 2. The largest absolute Gasteiger partial charge is 4.00 e. The van der Waals surface area contributed by atoms with Crippen molar-refractivity contribution in [3.63, 3.8) is 0 Å². The first kappa shape index (κ1) is 29.6. The minimum Gasteiger partial charge on any atom is -0.358 e. The van der Waals surface area contributed by atoms with E-state index >= 15 is 0 Å². The molecule has 2 saturated carbocycles. The normalized spacial score (nSPS) is 24.0. The van der Waals surface area contributed by atoms with Crippen LogP contribution >= 0.6 is 0 Å². The van der Waals surface area contributed by atoms with Crippen molar-refractivity contribution in [2.75, 3.05) is 39.3 Å². The van der Waals surface area contributed by atoms with Crippen molar-refractivity contribution >= 4 is 0 Å². The van der Waals surface area contributed by atoms with Crippen molar-refractivity contribution in [2.24, 2.45) is 0 Å². The van der Waals surface area contributed by atoms with Crippen molar-refractivity contribution in [3.05, 3.63) is 78.1 Å². The molecule has 2 saturated heterocycles. The van der Waals surface area contributed by atoms with E-state index in [4.69, 9.17) is 0 Å². The Morgan fingerprint density at radius 1 is 0.517 bits per heavy atom. The van der Waals surface area contributed by atoms with E-state index in [1.807, 2.05) is 0 Å². The van der Waals surface area contributed by atoms with Crippen LogP contribution in [0.2, 0.25) is 0 Å². The molecule has 0 aromatic carbocycles. The van der Waals surface area contributed by atoms with Crippen LogP contribution in [0.3, 0.4) is 0 Å². The Balaban J connectivity index is 0.000000490. The quantitative estimate of drug-likeness (QED) is 0.409. The summed E-state index contributed by atoms with van der Waals surface area (Å²) in [6.07, 6.45) is 28.4. The van der Waals surface area contributed by atoms with Crippen LogP contribution < -0.4 is 0 Å². The second-order valence-electron chi connectivity index (χ2n) is 7.89. The van der Waals surface area contributed by atoms with Crippen LogP contribution in [0.5, 0.6) is 0 Å². The minimum atomic E-state index is 0. The number of hydrogen-bond donors (Lipinski definition) is 0. The van der Waals surface area contributed by atoms with E-state index in [1.165, 1.54) is 102 Å². The fourth-order valence-electron chi connectivity index (χ4n) is 4.10. The Labute approximate surface area is 199 Å². The third kappa shape index (κ3) is 12.3. The summed E-state index contributed by atoms with van der Waals surface area (Å²) >= 11 is 0. The number of hydrogen-bond acceptors (Lipinski definition) is 2. The molecular formula is C26H42N2Ti+2. The minimum absolute atomic E-state index is 0. The van der Waals surface area contributed by atoms with E-state index in [1.54, 1.807) is 0 Å². The van der Waals surface area contributed by atoms with Crippen molar-refractivity contribution in [3.8, 4) is 0 Å². The maximum Gasteiger partial charge on any atom is 4.00 e. The molecule has 0 spiro atoms. The third-order valence-corrected chi connectivity index (χ3v) is 5.79. The first-order valence-electron chi connectivity index (χ1n) is 10.8. The zero-order valence-electron chi connectivity index (χ0n) is 18.9. The summed E-state index contributed by atoms with van der Waals surface area (Å²) in [5.41, 5.74) is 0. The van der Waals surface area contributed by atoms with Gasteiger partial charge in [-0.1, -0.05) is 12.8 Å². The second kappa shape index (κ2) is 18.2. The first-order chi connectivity index (χ1) is 12.9. The molecule has 10 radical (unpaired) electrons. The van der Waals surface area contributed by atoms with E-state index in [0.29, 0.717) is 0 Å². The van der Waals surface area contributed by atoms with Crippen LogP contribution in [0.4, 0.5) is 0 Å². The summed E-state index contributed by atoms with van der Waals surface area (Å²) in [5, 5.41) is 0. The topological polar surface area (TPSA) is 6.48 Å². The van der Waals surface area contributed by atoms with E-state index in [0.717, 1.165) is 0 Å². The van der Waals surface area contributed by atoms with Gasteiger partial charge < -0.3 is 24.7 Å². The van der Waals surface area contributed by atoms with E-state index in [9.17, 15) is 0 Å². The molecule has 4 fully saturated rings. The van der Waals surface area contributed by atoms with Crippen LogP contribution in [0.25, 0.3) is 0 Å². The zero-order valence-corrected chi connectivity index (χ0v) is 20.5. The maximum atomic E-state index is 2.59. The standard InChI is InChI=1S/2C12H18N.2CH3.Ti/c2*1-4-9-13(10-5-1)11-8-12-6-2-3-7-12;;;/h2*2-3,6-7H,1,4-5,8-11H2;2*1H3;/q;;2*-1;+4. The van der Waals surface area contributed by atoms with Crippen molar-refractivity contribution < 1.29 is 21.7 Å². The van der Waals surface area contributed by atoms with Gasteiger partial charge >= 0.3 is 21.7 Å². The number of rotatable bonds is 6. The van der Waals surface area contributed by atoms with Gasteiger partial charge in [-0.05, 0) is 141 Å². The van der Waals surface area contributed by atoms with Crippen LogP contribution in [-0.4, -0.2) is 49.1 Å². The van der Waals surface area contributed by atoms with Crippen LogP contribution in [0.1, 0.15) is 51.4 Å². The van der Waals surface area contributed by atoms with E-state index < -0.39 is 0 Å². The summed E-state index contributed by atoms with van der Waals surface area (Å²) < 4.78 is 0. The molecule has 2 nitrogen and oxygen atoms in total. The van der Waals surface area contributed by atoms with Crippen LogP contribution in [0, 0.1) is 78.1 Å². The predicted octanol–water partition coefficient (Wildman–Crippen LogP) is 5.43. The Morgan fingerprint density at radius 3 is 1.14 bits per heavy atom. The molecule has 0 unspecified atom stereocenters. The van der Waals surface area contributed by atoms with Gasteiger partial charge in [0.25, 0.3) is 0 Å². The average molecular weight is 431 g/mol. The Kier molecular flexibility index (Phi) is 18.6. The Hall–Kier alpha value is 0.634. The monoisotopic (exact) mass is 430 g/mol. The fourth-order valence-corrected chi connectivity index (χ4v) is 4.10. The summed E-state index contributed by atoms with van der Waals surface area (Å²) in [6.45, 7) is 7.79. The van der Waals surface area contributed by atoms with Gasteiger partial charge in [0.05, 0.1) is 0 Å². The van der Waals surface area contributed by atoms with E-state index in [2.05, 4.69) is 61.2 Å². The molecule has 2 aliphatic carbocycles. The fraction of sp³-hybridized carbons (Fsp3) is 0.538. The van der Waals surface area contributed by atoms with Gasteiger partial charge in [-0.15, -0.1) is 0 Å². The van der Waals surface area contributed by atoms with E-state index in [-0.39, 0.29) is 36.6 Å². The molecule has 29 heavy (non-hydrogen) atoms. The summed E-state index contributed by atoms with van der Waals surface area (Å²) in [5.74, 6) is 2.98. The molecule has 0 aromatic heterocycles. The molecule has 4 rings (SSSR count). The molecule has 0 bridgehead atoms. The Bertz CT molecular complexity index is 305. The molecule has 0 atom stereocenters. The molecular weight excluding hydrogens is 388 g/mol. The summed E-state index contributed by atoms with van der Waals surface area (Å²) in [6, 6.07) is 0. The van der Waals surface area contributed by atoms with Gasteiger partial charge in [0.2, 0.25) is 0 Å². The third-order valence-electron chi connectivity index (χ3n) is 5.79. The van der Waals surface area contributed by atoms with Crippen LogP contribution in [-0.2, 0) is 21.7 Å². The van der Waals surface area contributed by atoms with Gasteiger partial charge in [0, 0.05) is 0 Å². The van der Waals surface area contributed by atoms with Crippen molar-refractivity contribution in [1.29, 1.82) is 0 Å². The zero-order chi connectivity index (χ0) is 17.9. The molecule has 0 amide bonds. The molecule has 4 aliphatic rings. The molecule has 2 aliphatic heterocycles. The molecule has 158 valence electrons. The van der Waals surface area contributed by atoms with Crippen molar-refractivity contribution in [2.45, 2.75) is 51.4 Å². The molecule has 2 heterocycles. The second-order valence-corrected chi connectivity index (χ2v) is 7.89. The summed E-state index contributed by atoms with van der Waals surface area (Å²) in [4.78, 5) is 5.19. The van der Waals surface area contributed by atoms with Crippen LogP contribution in [0.15, 0.2) is 0 Å². The first-order valence-corrected chi connectivity index (χ1v) is 10.8. The smallest absolute Gasteiger partial charge is 0.358 e. The SMILES string of the molecule is [CH3-].[CH3-].[CH]1[CH][CH][C](CCN2CCCCC2)[CH]1.[CH]1[CH][CH][C](CCN2CCCCC2)[CH]1.[Ti+4]. The van der Waals surface area contributed by atoms with Gasteiger partial charge in [-0.3, -0.25) is 0 Å².